The fourth-order valence-corrected chi connectivity index (χ4v) is 3.15. The second-order valence-corrected chi connectivity index (χ2v) is 5.91. The van der Waals surface area contributed by atoms with E-state index in [9.17, 15) is 4.79 Å². The third-order valence-corrected chi connectivity index (χ3v) is 4.14. The van der Waals surface area contributed by atoms with Gasteiger partial charge in [-0.25, -0.2) is 4.79 Å². The zero-order chi connectivity index (χ0) is 13.4. The van der Waals surface area contributed by atoms with Crippen LogP contribution in [-0.4, -0.2) is 34.6 Å². The fourth-order valence-electron chi connectivity index (χ4n) is 2.99. The number of aromatic nitrogens is 2. The van der Waals surface area contributed by atoms with Crippen molar-refractivity contribution in [1.82, 2.24) is 14.5 Å². The van der Waals surface area contributed by atoms with E-state index in [2.05, 4.69) is 16.9 Å². The molecule has 0 radical (unpaired) electrons. The second kappa shape index (κ2) is 5.02. The molecule has 0 spiro atoms. The molecule has 2 aromatic rings. The van der Waals surface area contributed by atoms with Gasteiger partial charge in [0.2, 0.25) is 0 Å². The number of halogens is 1. The molecule has 0 amide bonds. The highest BCUT2D eigenvalue weighted by Gasteiger charge is 2.19. The van der Waals surface area contributed by atoms with E-state index in [0.29, 0.717) is 10.9 Å². The number of nitrogens with zero attached hydrogens (tertiary/aromatic N) is 2. The molecule has 1 N–H and O–H groups in total. The summed E-state index contributed by atoms with van der Waals surface area (Å²) in [6.07, 6.45) is 2.39. The Hall–Kier alpha value is -1.26. The molecule has 2 heterocycles. The van der Waals surface area contributed by atoms with Crippen LogP contribution in [0.25, 0.3) is 11.0 Å². The summed E-state index contributed by atoms with van der Waals surface area (Å²) in [7, 11) is 2.14. The SMILES string of the molecule is CN1CCCC(Cn2c(=O)[nH]c3ccc(Cl)cc32)C1. The second-order valence-electron chi connectivity index (χ2n) is 5.47. The Balaban J connectivity index is 1.93. The number of hydrogen-bond acceptors (Lipinski definition) is 2. The molecule has 0 aliphatic carbocycles. The topological polar surface area (TPSA) is 41.0 Å². The lowest BCUT2D eigenvalue weighted by atomic mass is 9.98. The molecule has 1 aromatic heterocycles. The molecular formula is C14H18ClN3O. The Morgan fingerprint density at radius 1 is 1.47 bits per heavy atom. The Kier molecular flexibility index (Phi) is 3.37. The molecule has 0 saturated carbocycles. The predicted octanol–water partition coefficient (Wildman–Crippen LogP) is 2.32. The van der Waals surface area contributed by atoms with Crippen LogP contribution in [0.5, 0.6) is 0 Å². The number of piperidine rings is 1. The summed E-state index contributed by atoms with van der Waals surface area (Å²) in [6.45, 7) is 2.98. The number of imidazole rings is 1. The minimum atomic E-state index is -0.0366. The van der Waals surface area contributed by atoms with Crippen LogP contribution in [-0.2, 0) is 6.54 Å². The van der Waals surface area contributed by atoms with E-state index in [4.69, 9.17) is 11.6 Å². The lowest BCUT2D eigenvalue weighted by molar-refractivity contribution is 0.194. The van der Waals surface area contributed by atoms with Crippen molar-refractivity contribution >= 4 is 22.6 Å². The number of likely N-dealkylation sites (tertiary alicyclic amines) is 1. The Morgan fingerprint density at radius 3 is 3.11 bits per heavy atom. The monoisotopic (exact) mass is 279 g/mol. The maximum atomic E-state index is 12.1. The van der Waals surface area contributed by atoms with Crippen LogP contribution in [0, 0.1) is 5.92 Å². The number of H-pyrrole nitrogens is 1. The molecule has 1 aromatic carbocycles. The van der Waals surface area contributed by atoms with Crippen LogP contribution in [0.2, 0.25) is 5.02 Å². The zero-order valence-corrected chi connectivity index (χ0v) is 11.8. The van der Waals surface area contributed by atoms with Gasteiger partial charge in [0.25, 0.3) is 0 Å². The summed E-state index contributed by atoms with van der Waals surface area (Å²) in [5, 5.41) is 0.668. The molecule has 1 unspecified atom stereocenters. The molecular weight excluding hydrogens is 262 g/mol. The third kappa shape index (κ3) is 2.55. The summed E-state index contributed by atoms with van der Waals surface area (Å²) in [5.41, 5.74) is 1.73. The molecule has 1 aliphatic rings. The van der Waals surface area contributed by atoms with Gasteiger partial charge in [-0.05, 0) is 50.6 Å². The van der Waals surface area contributed by atoms with E-state index >= 15 is 0 Å². The van der Waals surface area contributed by atoms with E-state index in [1.165, 1.54) is 12.8 Å². The molecule has 1 atom stereocenters. The fraction of sp³-hybridized carbons (Fsp3) is 0.500. The van der Waals surface area contributed by atoms with E-state index in [1.54, 1.807) is 6.07 Å². The van der Waals surface area contributed by atoms with Crippen LogP contribution in [0.1, 0.15) is 12.8 Å². The summed E-state index contributed by atoms with van der Waals surface area (Å²) >= 11 is 6.03. The number of benzene rings is 1. The van der Waals surface area contributed by atoms with Crippen molar-refractivity contribution in [3.05, 3.63) is 33.7 Å². The third-order valence-electron chi connectivity index (χ3n) is 3.90. The summed E-state index contributed by atoms with van der Waals surface area (Å²) < 4.78 is 1.82. The first-order valence-corrected chi connectivity index (χ1v) is 7.08. The highest BCUT2D eigenvalue weighted by atomic mass is 35.5. The van der Waals surface area contributed by atoms with Crippen molar-refractivity contribution in [1.29, 1.82) is 0 Å². The van der Waals surface area contributed by atoms with Crippen molar-refractivity contribution in [2.45, 2.75) is 19.4 Å². The molecule has 4 nitrogen and oxygen atoms in total. The van der Waals surface area contributed by atoms with E-state index in [-0.39, 0.29) is 5.69 Å². The molecule has 19 heavy (non-hydrogen) atoms. The minimum Gasteiger partial charge on any atom is -0.306 e. The van der Waals surface area contributed by atoms with Gasteiger partial charge in [0.1, 0.15) is 0 Å². The smallest absolute Gasteiger partial charge is 0.306 e. The Bertz CT molecular complexity index is 646. The van der Waals surface area contributed by atoms with Crippen molar-refractivity contribution in [3.8, 4) is 0 Å². The van der Waals surface area contributed by atoms with Gasteiger partial charge in [-0.3, -0.25) is 4.57 Å². The summed E-state index contributed by atoms with van der Waals surface area (Å²) in [4.78, 5) is 17.3. The van der Waals surface area contributed by atoms with Gasteiger partial charge in [-0.15, -0.1) is 0 Å². The molecule has 1 saturated heterocycles. The number of nitrogens with one attached hydrogen (secondary N) is 1. The molecule has 3 rings (SSSR count). The molecule has 1 fully saturated rings. The lowest BCUT2D eigenvalue weighted by Crippen LogP contribution is -2.35. The number of fused-ring (bicyclic) bond motifs is 1. The standard InChI is InChI=1S/C14H18ClN3O/c1-17-6-2-3-10(8-17)9-18-13-7-11(15)4-5-12(13)16-14(18)19/h4-5,7,10H,2-3,6,8-9H2,1H3,(H,16,19). The van der Waals surface area contributed by atoms with Crippen molar-refractivity contribution in [2.24, 2.45) is 5.92 Å². The van der Waals surface area contributed by atoms with Crippen LogP contribution in [0.4, 0.5) is 0 Å². The summed E-state index contributed by atoms with van der Waals surface area (Å²) in [5.74, 6) is 0.537. The number of hydrogen-bond donors (Lipinski definition) is 1. The van der Waals surface area contributed by atoms with Crippen LogP contribution in [0.3, 0.4) is 0 Å². The van der Waals surface area contributed by atoms with E-state index in [1.807, 2.05) is 16.7 Å². The van der Waals surface area contributed by atoms with Crippen LogP contribution < -0.4 is 5.69 Å². The average Bonchev–Trinajstić information content (AvgIpc) is 2.66. The quantitative estimate of drug-likeness (QED) is 0.917. The first kappa shape index (κ1) is 12.8. The normalized spacial score (nSPS) is 21.1. The maximum absolute atomic E-state index is 12.1. The zero-order valence-electron chi connectivity index (χ0n) is 11.0. The highest BCUT2D eigenvalue weighted by Crippen LogP contribution is 2.21. The first-order chi connectivity index (χ1) is 9.13. The van der Waals surface area contributed by atoms with Crippen molar-refractivity contribution in [3.63, 3.8) is 0 Å². The predicted molar refractivity (Wildman–Crippen MR) is 77.8 cm³/mol. The average molecular weight is 280 g/mol. The van der Waals surface area contributed by atoms with Crippen LogP contribution in [0.15, 0.2) is 23.0 Å². The van der Waals surface area contributed by atoms with Crippen molar-refractivity contribution in [2.75, 3.05) is 20.1 Å². The number of aromatic amines is 1. The number of rotatable bonds is 2. The summed E-state index contributed by atoms with van der Waals surface area (Å²) in [6, 6.07) is 5.53. The lowest BCUT2D eigenvalue weighted by Gasteiger charge is -2.29. The van der Waals surface area contributed by atoms with Gasteiger partial charge >= 0.3 is 5.69 Å². The van der Waals surface area contributed by atoms with Crippen molar-refractivity contribution < 1.29 is 0 Å². The minimum absolute atomic E-state index is 0.0366. The van der Waals surface area contributed by atoms with Gasteiger partial charge < -0.3 is 9.88 Å². The Morgan fingerprint density at radius 2 is 2.32 bits per heavy atom. The van der Waals surface area contributed by atoms with Crippen LogP contribution >= 0.6 is 11.6 Å². The molecule has 5 heteroatoms. The van der Waals surface area contributed by atoms with E-state index < -0.39 is 0 Å². The van der Waals surface area contributed by atoms with Gasteiger partial charge in [0, 0.05) is 18.1 Å². The van der Waals surface area contributed by atoms with Gasteiger partial charge in [-0.2, -0.15) is 0 Å². The van der Waals surface area contributed by atoms with Gasteiger partial charge in [0.05, 0.1) is 11.0 Å². The van der Waals surface area contributed by atoms with E-state index in [0.717, 1.165) is 30.7 Å². The largest absolute Gasteiger partial charge is 0.326 e. The molecule has 1 aliphatic heterocycles. The van der Waals surface area contributed by atoms with Gasteiger partial charge in [-0.1, -0.05) is 11.6 Å². The maximum Gasteiger partial charge on any atom is 0.326 e. The first-order valence-electron chi connectivity index (χ1n) is 6.70. The van der Waals surface area contributed by atoms with Gasteiger partial charge in [0.15, 0.2) is 0 Å². The molecule has 0 bridgehead atoms. The Labute approximate surface area is 117 Å². The molecule has 102 valence electrons. The highest BCUT2D eigenvalue weighted by molar-refractivity contribution is 6.31.